The Hall–Kier alpha value is -1.40. The molecule has 1 aliphatic rings. The largest absolute Gasteiger partial charge is 0.493 e. The van der Waals surface area contributed by atoms with Gasteiger partial charge in [-0.25, -0.2) is 0 Å². The molecule has 0 amide bonds. The first-order valence-electron chi connectivity index (χ1n) is 7.08. The van der Waals surface area contributed by atoms with Gasteiger partial charge in [0.2, 0.25) is 0 Å². The topological polar surface area (TPSA) is 47.7 Å². The number of halogens is 2. The van der Waals surface area contributed by atoms with Gasteiger partial charge in [-0.3, -0.25) is 4.90 Å². The Morgan fingerprint density at radius 3 is 2.57 bits per heavy atom. The van der Waals surface area contributed by atoms with Gasteiger partial charge in [-0.05, 0) is 43.5 Å². The molecule has 0 bridgehead atoms. The van der Waals surface area contributed by atoms with Crippen LogP contribution in [0.5, 0.6) is 11.5 Å². The van der Waals surface area contributed by atoms with E-state index in [0.29, 0.717) is 12.3 Å². The fourth-order valence-electron chi connectivity index (χ4n) is 2.49. The molecule has 0 heterocycles. The Balaban J connectivity index is 2.19. The summed E-state index contributed by atoms with van der Waals surface area (Å²) in [5.74, 6) is 1.07. The Kier molecular flexibility index (Phi) is 5.36. The quantitative estimate of drug-likeness (QED) is 0.802. The fraction of sp³-hybridized carbons (Fsp3) is 0.600. The predicted octanol–water partition coefficient (Wildman–Crippen LogP) is 2.64. The normalized spacial score (nSPS) is 16.3. The third kappa shape index (κ3) is 4.28. The van der Waals surface area contributed by atoms with Crippen LogP contribution in [0, 0.1) is 5.92 Å². The van der Waals surface area contributed by atoms with Gasteiger partial charge in [-0.15, -0.1) is 0 Å². The first-order chi connectivity index (χ1) is 10.0. The summed E-state index contributed by atoms with van der Waals surface area (Å²) >= 11 is 0. The van der Waals surface area contributed by atoms with E-state index < -0.39 is 6.61 Å². The highest BCUT2D eigenvalue weighted by Crippen LogP contribution is 2.35. The van der Waals surface area contributed by atoms with Gasteiger partial charge in [0.15, 0.2) is 11.5 Å². The number of ether oxygens (including phenoxy) is 2. The summed E-state index contributed by atoms with van der Waals surface area (Å²) in [5, 5.41) is 0. The molecule has 0 spiro atoms. The highest BCUT2D eigenvalue weighted by atomic mass is 19.3. The maximum Gasteiger partial charge on any atom is 0.387 e. The van der Waals surface area contributed by atoms with Gasteiger partial charge in [0.1, 0.15) is 0 Å². The molecule has 1 saturated carbocycles. The minimum atomic E-state index is -2.88. The lowest BCUT2D eigenvalue weighted by atomic mass is 10.0. The standard InChI is InChI=1S/C15H22F2N2O2/c1-19(9-10-3-4-10)12(8-18)11-5-6-13(20-2)14(7-11)21-15(16)17/h5-7,10,12,15H,3-4,8-9,18H2,1-2H3. The molecule has 1 atom stereocenters. The van der Waals surface area contributed by atoms with E-state index in [4.69, 9.17) is 10.5 Å². The molecule has 21 heavy (non-hydrogen) atoms. The summed E-state index contributed by atoms with van der Waals surface area (Å²) < 4.78 is 34.5. The maximum atomic E-state index is 12.5. The molecule has 1 aliphatic carbocycles. The van der Waals surface area contributed by atoms with Gasteiger partial charge in [0, 0.05) is 19.1 Å². The van der Waals surface area contributed by atoms with Crippen LogP contribution in [0.15, 0.2) is 18.2 Å². The third-order valence-corrected chi connectivity index (χ3v) is 3.79. The molecule has 2 N–H and O–H groups in total. The minimum absolute atomic E-state index is 0.0171. The second-order valence-corrected chi connectivity index (χ2v) is 5.42. The molecule has 0 aliphatic heterocycles. The highest BCUT2D eigenvalue weighted by molar-refractivity contribution is 5.44. The molecule has 1 unspecified atom stereocenters. The van der Waals surface area contributed by atoms with Gasteiger partial charge >= 0.3 is 6.61 Å². The lowest BCUT2D eigenvalue weighted by Gasteiger charge is -2.28. The first kappa shape index (κ1) is 16.0. The van der Waals surface area contributed by atoms with E-state index in [0.717, 1.165) is 18.0 Å². The number of benzene rings is 1. The molecule has 118 valence electrons. The average molecular weight is 300 g/mol. The van der Waals surface area contributed by atoms with E-state index >= 15 is 0 Å². The van der Waals surface area contributed by atoms with Crippen molar-refractivity contribution in [1.82, 2.24) is 4.90 Å². The summed E-state index contributed by atoms with van der Waals surface area (Å²) in [7, 11) is 3.43. The van der Waals surface area contributed by atoms with E-state index in [1.807, 2.05) is 13.1 Å². The number of likely N-dealkylation sites (N-methyl/N-ethyl adjacent to an activating group) is 1. The smallest absolute Gasteiger partial charge is 0.387 e. The zero-order valence-corrected chi connectivity index (χ0v) is 12.4. The number of rotatable bonds is 8. The van der Waals surface area contributed by atoms with Crippen LogP contribution in [0.3, 0.4) is 0 Å². The van der Waals surface area contributed by atoms with Crippen molar-refractivity contribution in [2.75, 3.05) is 27.2 Å². The van der Waals surface area contributed by atoms with Crippen molar-refractivity contribution >= 4 is 0 Å². The second kappa shape index (κ2) is 7.04. The number of alkyl halides is 2. The molecule has 1 aromatic carbocycles. The second-order valence-electron chi connectivity index (χ2n) is 5.42. The Morgan fingerprint density at radius 1 is 1.33 bits per heavy atom. The summed E-state index contributed by atoms with van der Waals surface area (Å²) in [5.41, 5.74) is 6.72. The van der Waals surface area contributed by atoms with Crippen molar-refractivity contribution in [1.29, 1.82) is 0 Å². The number of methoxy groups -OCH3 is 1. The summed E-state index contributed by atoms with van der Waals surface area (Å²) in [6, 6.07) is 5.06. The number of nitrogens with two attached hydrogens (primary N) is 1. The number of nitrogens with zero attached hydrogens (tertiary/aromatic N) is 1. The van der Waals surface area contributed by atoms with Crippen molar-refractivity contribution < 1.29 is 18.3 Å². The van der Waals surface area contributed by atoms with Crippen LogP contribution in [-0.4, -0.2) is 38.8 Å². The van der Waals surface area contributed by atoms with Gasteiger partial charge < -0.3 is 15.2 Å². The Labute approximate surface area is 123 Å². The van der Waals surface area contributed by atoms with Crippen LogP contribution in [-0.2, 0) is 0 Å². The van der Waals surface area contributed by atoms with E-state index in [-0.39, 0.29) is 11.8 Å². The maximum absolute atomic E-state index is 12.5. The van der Waals surface area contributed by atoms with Crippen LogP contribution in [0.25, 0.3) is 0 Å². The van der Waals surface area contributed by atoms with Crippen LogP contribution >= 0.6 is 0 Å². The van der Waals surface area contributed by atoms with E-state index in [2.05, 4.69) is 9.64 Å². The number of hydrogen-bond acceptors (Lipinski definition) is 4. The molecular weight excluding hydrogens is 278 g/mol. The number of hydrogen-bond donors (Lipinski definition) is 1. The zero-order chi connectivity index (χ0) is 15.4. The fourth-order valence-corrected chi connectivity index (χ4v) is 2.49. The van der Waals surface area contributed by atoms with Gasteiger partial charge in [0.25, 0.3) is 0 Å². The molecular formula is C15H22F2N2O2. The van der Waals surface area contributed by atoms with Gasteiger partial charge in [-0.2, -0.15) is 8.78 Å². The molecule has 1 fully saturated rings. The van der Waals surface area contributed by atoms with Crippen LogP contribution in [0.1, 0.15) is 24.4 Å². The molecule has 0 radical (unpaired) electrons. The molecule has 2 rings (SSSR count). The van der Waals surface area contributed by atoms with E-state index in [1.54, 1.807) is 12.1 Å². The van der Waals surface area contributed by atoms with Crippen molar-refractivity contribution in [2.45, 2.75) is 25.5 Å². The molecule has 0 saturated heterocycles. The van der Waals surface area contributed by atoms with E-state index in [1.165, 1.54) is 20.0 Å². The van der Waals surface area contributed by atoms with Crippen LogP contribution < -0.4 is 15.2 Å². The highest BCUT2D eigenvalue weighted by Gasteiger charge is 2.26. The SMILES string of the molecule is COc1ccc(C(CN)N(C)CC2CC2)cc1OC(F)F. The molecule has 4 nitrogen and oxygen atoms in total. The van der Waals surface area contributed by atoms with E-state index in [9.17, 15) is 8.78 Å². The zero-order valence-electron chi connectivity index (χ0n) is 12.4. The Morgan fingerprint density at radius 2 is 2.05 bits per heavy atom. The van der Waals surface area contributed by atoms with Gasteiger partial charge in [0.05, 0.1) is 7.11 Å². The summed E-state index contributed by atoms with van der Waals surface area (Å²) in [4.78, 5) is 2.17. The Bertz CT molecular complexity index is 467. The first-order valence-corrected chi connectivity index (χ1v) is 7.08. The van der Waals surface area contributed by atoms with Crippen LogP contribution in [0.2, 0.25) is 0 Å². The van der Waals surface area contributed by atoms with Crippen LogP contribution in [0.4, 0.5) is 8.78 Å². The lowest BCUT2D eigenvalue weighted by Crippen LogP contribution is -2.32. The monoisotopic (exact) mass is 300 g/mol. The predicted molar refractivity (Wildman–Crippen MR) is 76.8 cm³/mol. The lowest BCUT2D eigenvalue weighted by molar-refractivity contribution is -0.0513. The average Bonchev–Trinajstić information content (AvgIpc) is 3.23. The minimum Gasteiger partial charge on any atom is -0.493 e. The van der Waals surface area contributed by atoms with Crippen molar-refractivity contribution in [3.8, 4) is 11.5 Å². The molecule has 0 aromatic heterocycles. The molecule has 1 aromatic rings. The summed E-state index contributed by atoms with van der Waals surface area (Å²) in [6.07, 6.45) is 2.51. The van der Waals surface area contributed by atoms with Crippen molar-refractivity contribution in [2.24, 2.45) is 11.7 Å². The molecule has 6 heteroatoms. The van der Waals surface area contributed by atoms with Gasteiger partial charge in [-0.1, -0.05) is 6.07 Å². The summed E-state index contributed by atoms with van der Waals surface area (Å²) in [6.45, 7) is -1.49. The van der Waals surface area contributed by atoms with Crippen molar-refractivity contribution in [3.05, 3.63) is 23.8 Å². The van der Waals surface area contributed by atoms with Crippen molar-refractivity contribution in [3.63, 3.8) is 0 Å². The third-order valence-electron chi connectivity index (χ3n) is 3.79.